The molecule has 1 aromatic heterocycles. The minimum Gasteiger partial charge on any atom is -0.389 e. The van der Waals surface area contributed by atoms with Crippen LogP contribution in [0.3, 0.4) is 0 Å². The molecule has 0 spiro atoms. The van der Waals surface area contributed by atoms with Crippen molar-refractivity contribution in [2.45, 2.75) is 44.6 Å². The van der Waals surface area contributed by atoms with E-state index < -0.39 is 5.60 Å². The number of aliphatic hydroxyl groups is 1. The number of fused-ring (bicyclic) bond motifs is 1. The first kappa shape index (κ1) is 13.4. The summed E-state index contributed by atoms with van der Waals surface area (Å²) >= 11 is 3.46. The van der Waals surface area contributed by atoms with Crippen molar-refractivity contribution >= 4 is 21.7 Å². The van der Waals surface area contributed by atoms with Gasteiger partial charge in [-0.25, -0.2) is 4.98 Å². The van der Waals surface area contributed by atoms with E-state index in [1.54, 1.807) is 0 Å². The van der Waals surface area contributed by atoms with Crippen molar-refractivity contribution in [3.8, 4) is 0 Å². The van der Waals surface area contributed by atoms with Gasteiger partial charge in [-0.2, -0.15) is 0 Å². The van der Waals surface area contributed by atoms with Crippen LogP contribution in [0, 0.1) is 12.8 Å². The fourth-order valence-electron chi connectivity index (χ4n) is 3.63. The van der Waals surface area contributed by atoms with Crippen LogP contribution in [0.5, 0.6) is 0 Å². The number of pyridine rings is 1. The van der Waals surface area contributed by atoms with Crippen LogP contribution in [-0.2, 0) is 0 Å². The predicted octanol–water partition coefficient (Wildman–Crippen LogP) is 3.28. The van der Waals surface area contributed by atoms with Gasteiger partial charge in [-0.3, -0.25) is 0 Å². The number of anilines is 1. The summed E-state index contributed by atoms with van der Waals surface area (Å²) in [5.74, 6) is 1.50. The van der Waals surface area contributed by atoms with Crippen molar-refractivity contribution in [3.63, 3.8) is 0 Å². The van der Waals surface area contributed by atoms with Crippen LogP contribution in [0.2, 0.25) is 0 Å². The zero-order valence-corrected chi connectivity index (χ0v) is 13.0. The zero-order chi connectivity index (χ0) is 13.5. The third-order valence-corrected chi connectivity index (χ3v) is 5.18. The number of piperidine rings is 1. The molecular formula is C15H21BrN2O. The maximum atomic E-state index is 10.7. The molecule has 2 heterocycles. The Bertz CT molecular complexity index is 479. The average Bonchev–Trinajstić information content (AvgIpc) is 2.38. The van der Waals surface area contributed by atoms with E-state index in [0.717, 1.165) is 42.6 Å². The molecule has 0 bridgehead atoms. The largest absolute Gasteiger partial charge is 0.389 e. The predicted molar refractivity (Wildman–Crippen MR) is 80.4 cm³/mol. The van der Waals surface area contributed by atoms with E-state index in [0.29, 0.717) is 5.92 Å². The second-order valence-electron chi connectivity index (χ2n) is 6.04. The van der Waals surface area contributed by atoms with Crippen LogP contribution >= 0.6 is 15.9 Å². The molecule has 1 aliphatic heterocycles. The molecule has 1 saturated heterocycles. The Balaban J connectivity index is 1.80. The number of aryl methyl sites for hydroxylation is 1. The van der Waals surface area contributed by atoms with Crippen molar-refractivity contribution in [1.29, 1.82) is 0 Å². The van der Waals surface area contributed by atoms with Crippen molar-refractivity contribution < 1.29 is 5.11 Å². The standard InChI is InChI=1S/C15H21BrN2O/c1-11-8-13(16)9-17-14(11)18-7-6-15(19)5-3-2-4-12(15)10-18/h8-9,12,19H,2-7,10H2,1H3. The monoisotopic (exact) mass is 324 g/mol. The first-order valence-corrected chi connectivity index (χ1v) is 7.97. The zero-order valence-electron chi connectivity index (χ0n) is 11.4. The van der Waals surface area contributed by atoms with E-state index >= 15 is 0 Å². The van der Waals surface area contributed by atoms with Crippen molar-refractivity contribution in [3.05, 3.63) is 22.3 Å². The van der Waals surface area contributed by atoms with Gasteiger partial charge in [-0.1, -0.05) is 12.8 Å². The van der Waals surface area contributed by atoms with Gasteiger partial charge in [0.15, 0.2) is 0 Å². The fraction of sp³-hybridized carbons (Fsp3) is 0.667. The first-order chi connectivity index (χ1) is 9.08. The van der Waals surface area contributed by atoms with E-state index in [4.69, 9.17) is 0 Å². The van der Waals surface area contributed by atoms with Crippen LogP contribution in [-0.4, -0.2) is 28.8 Å². The molecule has 1 aliphatic carbocycles. The Morgan fingerprint density at radius 2 is 2.26 bits per heavy atom. The Kier molecular flexibility index (Phi) is 3.56. The minimum atomic E-state index is -0.405. The molecule has 2 aliphatic rings. The molecule has 0 amide bonds. The molecule has 1 N–H and O–H groups in total. The molecule has 2 fully saturated rings. The van der Waals surface area contributed by atoms with Gasteiger partial charge in [-0.15, -0.1) is 0 Å². The smallest absolute Gasteiger partial charge is 0.131 e. The SMILES string of the molecule is Cc1cc(Br)cnc1N1CCC2(O)CCCCC2C1. The van der Waals surface area contributed by atoms with Crippen molar-refractivity contribution in [2.24, 2.45) is 5.92 Å². The van der Waals surface area contributed by atoms with Crippen molar-refractivity contribution in [1.82, 2.24) is 4.98 Å². The summed E-state index contributed by atoms with van der Waals surface area (Å²) in [6.07, 6.45) is 7.33. The van der Waals surface area contributed by atoms with Gasteiger partial charge in [-0.05, 0) is 53.7 Å². The number of nitrogens with zero attached hydrogens (tertiary/aromatic N) is 2. The van der Waals surface area contributed by atoms with Gasteiger partial charge in [0, 0.05) is 29.7 Å². The highest BCUT2D eigenvalue weighted by atomic mass is 79.9. The Morgan fingerprint density at radius 3 is 3.05 bits per heavy atom. The number of hydrogen-bond donors (Lipinski definition) is 1. The molecule has 0 radical (unpaired) electrons. The van der Waals surface area contributed by atoms with Gasteiger partial charge in [0.05, 0.1) is 5.60 Å². The Morgan fingerprint density at radius 1 is 1.42 bits per heavy atom. The van der Waals surface area contributed by atoms with E-state index in [2.05, 4.69) is 38.8 Å². The number of aromatic nitrogens is 1. The first-order valence-electron chi connectivity index (χ1n) is 7.18. The molecule has 1 saturated carbocycles. The van der Waals surface area contributed by atoms with Crippen LogP contribution in [0.4, 0.5) is 5.82 Å². The third kappa shape index (κ3) is 2.52. The van der Waals surface area contributed by atoms with E-state index in [9.17, 15) is 5.11 Å². The highest BCUT2D eigenvalue weighted by Crippen LogP contribution is 2.41. The lowest BCUT2D eigenvalue weighted by molar-refractivity contribution is -0.0613. The van der Waals surface area contributed by atoms with E-state index in [1.807, 2.05) is 6.20 Å². The summed E-state index contributed by atoms with van der Waals surface area (Å²) in [4.78, 5) is 6.91. The molecular weight excluding hydrogens is 304 g/mol. The minimum absolute atomic E-state index is 0.405. The quantitative estimate of drug-likeness (QED) is 0.861. The lowest BCUT2D eigenvalue weighted by Crippen LogP contribution is -2.53. The highest BCUT2D eigenvalue weighted by Gasteiger charge is 2.43. The molecule has 4 heteroatoms. The van der Waals surface area contributed by atoms with Crippen molar-refractivity contribution in [2.75, 3.05) is 18.0 Å². The average molecular weight is 325 g/mol. The van der Waals surface area contributed by atoms with Gasteiger partial charge >= 0.3 is 0 Å². The summed E-state index contributed by atoms with van der Waals surface area (Å²) in [5.41, 5.74) is 0.800. The van der Waals surface area contributed by atoms with Gasteiger partial charge < -0.3 is 10.0 Å². The second kappa shape index (κ2) is 5.06. The maximum absolute atomic E-state index is 10.7. The lowest BCUT2D eigenvalue weighted by Gasteiger charge is -2.48. The van der Waals surface area contributed by atoms with Crippen LogP contribution in [0.25, 0.3) is 0 Å². The maximum Gasteiger partial charge on any atom is 0.131 e. The van der Waals surface area contributed by atoms with Gasteiger partial charge in [0.2, 0.25) is 0 Å². The molecule has 3 nitrogen and oxygen atoms in total. The molecule has 0 aromatic carbocycles. The fourth-order valence-corrected chi connectivity index (χ4v) is 4.07. The molecule has 104 valence electrons. The summed E-state index contributed by atoms with van der Waals surface area (Å²) in [7, 11) is 0. The molecule has 2 unspecified atom stereocenters. The van der Waals surface area contributed by atoms with Crippen LogP contribution in [0.15, 0.2) is 16.7 Å². The van der Waals surface area contributed by atoms with Gasteiger partial charge in [0.25, 0.3) is 0 Å². The number of rotatable bonds is 1. The highest BCUT2D eigenvalue weighted by molar-refractivity contribution is 9.10. The van der Waals surface area contributed by atoms with Crippen LogP contribution in [0.1, 0.15) is 37.7 Å². The lowest BCUT2D eigenvalue weighted by atomic mass is 9.71. The summed E-state index contributed by atoms with van der Waals surface area (Å²) in [6.45, 7) is 3.98. The Hall–Kier alpha value is -0.610. The number of halogens is 1. The molecule has 2 atom stereocenters. The van der Waals surface area contributed by atoms with Gasteiger partial charge in [0.1, 0.15) is 5.82 Å². The molecule has 3 rings (SSSR count). The number of hydrogen-bond acceptors (Lipinski definition) is 3. The normalized spacial score (nSPS) is 31.1. The topological polar surface area (TPSA) is 36.4 Å². The van der Waals surface area contributed by atoms with Crippen LogP contribution < -0.4 is 4.90 Å². The van der Waals surface area contributed by atoms with E-state index in [1.165, 1.54) is 18.4 Å². The summed E-state index contributed by atoms with van der Waals surface area (Å²) in [5, 5.41) is 10.7. The molecule has 1 aromatic rings. The summed E-state index contributed by atoms with van der Waals surface area (Å²) < 4.78 is 1.03. The second-order valence-corrected chi connectivity index (χ2v) is 6.95. The third-order valence-electron chi connectivity index (χ3n) is 4.74. The summed E-state index contributed by atoms with van der Waals surface area (Å²) in [6, 6.07) is 2.12. The molecule has 19 heavy (non-hydrogen) atoms. The van der Waals surface area contributed by atoms with E-state index in [-0.39, 0.29) is 0 Å². The Labute approximate surface area is 123 Å².